The van der Waals surface area contributed by atoms with Gasteiger partial charge in [0.15, 0.2) is 5.78 Å². The third kappa shape index (κ3) is 5.83. The molecule has 10 nitrogen and oxygen atoms in total. The van der Waals surface area contributed by atoms with Gasteiger partial charge in [-0.25, -0.2) is 18.4 Å². The lowest BCUT2D eigenvalue weighted by atomic mass is 9.79. The maximum absolute atomic E-state index is 14.5. The van der Waals surface area contributed by atoms with Gasteiger partial charge in [-0.05, 0) is 51.0 Å². The molecule has 0 spiro atoms. The fraction of sp³-hybridized carbons (Fsp3) is 0.484. The van der Waals surface area contributed by atoms with Crippen LogP contribution in [0.15, 0.2) is 46.2 Å². The van der Waals surface area contributed by atoms with Gasteiger partial charge in [0.05, 0.1) is 32.3 Å². The van der Waals surface area contributed by atoms with E-state index in [0.717, 1.165) is 23.8 Å². The molecule has 1 aromatic carbocycles. The highest BCUT2D eigenvalue weighted by Gasteiger charge is 2.37. The molecule has 1 fully saturated rings. The number of ether oxygens (including phenoxy) is 3. The zero-order valence-electron chi connectivity index (χ0n) is 25.1. The summed E-state index contributed by atoms with van der Waals surface area (Å²) in [4.78, 5) is 42.6. The molecular weight excluding hydrogens is 575 g/mol. The fourth-order valence-electron chi connectivity index (χ4n) is 5.57. The van der Waals surface area contributed by atoms with Crippen molar-refractivity contribution in [2.75, 3.05) is 27.4 Å². The quantitative estimate of drug-likeness (QED) is 0.200. The van der Waals surface area contributed by atoms with Crippen molar-refractivity contribution in [3.63, 3.8) is 0 Å². The SMILES string of the molecule is COCCO[C@@H](Cn1c(=O)n(C(C)(C)C(=O)CC2CCC2)c(=O)c2c(C)c(-n3cccn3)sc21)c1cc(F)ccc1OC. The van der Waals surface area contributed by atoms with Gasteiger partial charge >= 0.3 is 5.69 Å². The Morgan fingerprint density at radius 3 is 2.60 bits per heavy atom. The summed E-state index contributed by atoms with van der Waals surface area (Å²) < 4.78 is 35.6. The Hall–Kier alpha value is -3.61. The van der Waals surface area contributed by atoms with Crippen molar-refractivity contribution in [3.8, 4) is 10.8 Å². The van der Waals surface area contributed by atoms with Crippen molar-refractivity contribution in [3.05, 3.63) is 74.4 Å². The van der Waals surface area contributed by atoms with Crippen LogP contribution in [0.3, 0.4) is 0 Å². The lowest BCUT2D eigenvalue weighted by molar-refractivity contribution is -0.128. The highest BCUT2D eigenvalue weighted by molar-refractivity contribution is 7.21. The first-order valence-corrected chi connectivity index (χ1v) is 15.2. The third-order valence-electron chi connectivity index (χ3n) is 8.33. The summed E-state index contributed by atoms with van der Waals surface area (Å²) in [7, 11) is 3.02. The molecule has 0 unspecified atom stereocenters. The Morgan fingerprint density at radius 1 is 1.21 bits per heavy atom. The van der Waals surface area contributed by atoms with Gasteiger partial charge in [-0.15, -0.1) is 0 Å². The molecule has 0 N–H and O–H groups in total. The average Bonchev–Trinajstić information content (AvgIpc) is 3.60. The molecule has 1 saturated carbocycles. The molecule has 0 aliphatic heterocycles. The van der Waals surface area contributed by atoms with E-state index in [-0.39, 0.29) is 31.5 Å². The van der Waals surface area contributed by atoms with Gasteiger partial charge in [-0.3, -0.25) is 14.2 Å². The number of hydrogen-bond acceptors (Lipinski definition) is 8. The molecule has 1 aliphatic rings. The Labute approximate surface area is 252 Å². The first-order chi connectivity index (χ1) is 20.6. The van der Waals surface area contributed by atoms with E-state index >= 15 is 0 Å². The van der Waals surface area contributed by atoms with Crippen molar-refractivity contribution in [2.45, 2.75) is 64.6 Å². The number of thiophene rings is 1. The number of carbonyl (C=O) groups is 1. The van der Waals surface area contributed by atoms with Crippen LogP contribution in [0.4, 0.5) is 4.39 Å². The van der Waals surface area contributed by atoms with Crippen LogP contribution in [-0.2, 0) is 26.4 Å². The molecule has 12 heteroatoms. The lowest BCUT2D eigenvalue weighted by Crippen LogP contribution is -2.53. The van der Waals surface area contributed by atoms with Crippen LogP contribution in [0.5, 0.6) is 5.75 Å². The number of benzene rings is 1. The van der Waals surface area contributed by atoms with Crippen LogP contribution < -0.4 is 16.0 Å². The number of nitrogens with zero attached hydrogens (tertiary/aromatic N) is 4. The van der Waals surface area contributed by atoms with Crippen molar-refractivity contribution < 1.29 is 23.4 Å². The largest absolute Gasteiger partial charge is 0.496 e. The first kappa shape index (κ1) is 30.8. The van der Waals surface area contributed by atoms with E-state index in [0.29, 0.717) is 38.5 Å². The van der Waals surface area contributed by atoms with E-state index < -0.39 is 28.7 Å². The van der Waals surface area contributed by atoms with Crippen LogP contribution in [0.1, 0.15) is 56.8 Å². The van der Waals surface area contributed by atoms with Crippen LogP contribution in [-0.4, -0.2) is 52.1 Å². The van der Waals surface area contributed by atoms with E-state index in [1.54, 1.807) is 44.1 Å². The average molecular weight is 613 g/mol. The zero-order valence-corrected chi connectivity index (χ0v) is 25.9. The number of aryl methyl sites for hydroxylation is 1. The van der Waals surface area contributed by atoms with E-state index in [9.17, 15) is 18.8 Å². The first-order valence-electron chi connectivity index (χ1n) is 14.3. The summed E-state index contributed by atoms with van der Waals surface area (Å²) in [6.07, 6.45) is 5.86. The second kappa shape index (κ2) is 12.6. The highest BCUT2D eigenvalue weighted by Crippen LogP contribution is 2.35. The summed E-state index contributed by atoms with van der Waals surface area (Å²) in [5.74, 6) is -0.00443. The maximum Gasteiger partial charge on any atom is 0.333 e. The molecule has 4 aromatic rings. The topological polar surface area (TPSA) is 107 Å². The molecule has 43 heavy (non-hydrogen) atoms. The van der Waals surface area contributed by atoms with E-state index in [4.69, 9.17) is 14.2 Å². The van der Waals surface area contributed by atoms with Crippen LogP contribution in [0.2, 0.25) is 0 Å². The van der Waals surface area contributed by atoms with E-state index in [1.807, 2.05) is 6.92 Å². The fourth-order valence-corrected chi connectivity index (χ4v) is 6.81. The second-order valence-electron chi connectivity index (χ2n) is 11.4. The number of rotatable bonds is 13. The maximum atomic E-state index is 14.5. The van der Waals surface area contributed by atoms with E-state index in [2.05, 4.69) is 5.10 Å². The Balaban J connectivity index is 1.73. The van der Waals surface area contributed by atoms with Crippen LogP contribution in [0.25, 0.3) is 15.2 Å². The molecule has 3 heterocycles. The minimum Gasteiger partial charge on any atom is -0.496 e. The monoisotopic (exact) mass is 612 g/mol. The molecule has 230 valence electrons. The van der Waals surface area contributed by atoms with E-state index in [1.165, 1.54) is 41.2 Å². The number of halogens is 1. The Morgan fingerprint density at radius 2 is 1.98 bits per heavy atom. The van der Waals surface area contributed by atoms with Crippen molar-refractivity contribution in [1.82, 2.24) is 18.9 Å². The molecule has 5 rings (SSSR count). The zero-order chi connectivity index (χ0) is 30.9. The number of fused-ring (bicyclic) bond motifs is 1. The normalized spacial score (nSPS) is 14.7. The van der Waals surface area contributed by atoms with Gasteiger partial charge < -0.3 is 14.2 Å². The van der Waals surface area contributed by atoms with Gasteiger partial charge in [-0.2, -0.15) is 5.10 Å². The molecule has 0 amide bonds. The van der Waals surface area contributed by atoms with Crippen LogP contribution in [0, 0.1) is 18.7 Å². The molecular formula is C31H37FN4O6S. The third-order valence-corrected chi connectivity index (χ3v) is 9.64. The highest BCUT2D eigenvalue weighted by atomic mass is 32.1. The van der Waals surface area contributed by atoms with Gasteiger partial charge in [-0.1, -0.05) is 30.6 Å². The Bertz CT molecular complexity index is 1740. The number of hydrogen-bond donors (Lipinski definition) is 0. The lowest BCUT2D eigenvalue weighted by Gasteiger charge is -2.31. The van der Waals surface area contributed by atoms with Gasteiger partial charge in [0.2, 0.25) is 0 Å². The molecule has 1 aliphatic carbocycles. The number of aromatic nitrogens is 4. The molecule has 1 atom stereocenters. The smallest absolute Gasteiger partial charge is 0.333 e. The molecule has 3 aromatic heterocycles. The minimum atomic E-state index is -1.40. The Kier molecular flexibility index (Phi) is 9.00. The van der Waals surface area contributed by atoms with Crippen molar-refractivity contribution in [1.29, 1.82) is 0 Å². The summed E-state index contributed by atoms with van der Waals surface area (Å²) in [5.41, 5.74) is -1.54. The van der Waals surface area contributed by atoms with Gasteiger partial charge in [0.25, 0.3) is 5.56 Å². The summed E-state index contributed by atoms with van der Waals surface area (Å²) >= 11 is 1.25. The summed E-state index contributed by atoms with van der Waals surface area (Å²) in [6, 6.07) is 5.88. The number of ketones is 1. The van der Waals surface area contributed by atoms with Gasteiger partial charge in [0, 0.05) is 37.1 Å². The number of carbonyl (C=O) groups excluding carboxylic acids is 1. The van der Waals surface area contributed by atoms with Gasteiger partial charge in [0.1, 0.15) is 33.0 Å². The predicted octanol–water partition coefficient (Wildman–Crippen LogP) is 4.77. The minimum absolute atomic E-state index is 0.0788. The summed E-state index contributed by atoms with van der Waals surface area (Å²) in [6.45, 7) is 5.41. The second-order valence-corrected chi connectivity index (χ2v) is 12.4. The van der Waals surface area contributed by atoms with Crippen LogP contribution >= 0.6 is 11.3 Å². The molecule has 0 radical (unpaired) electrons. The standard InChI is InChI=1S/C31H37FN4O6S/c1-19-26-27(38)36(31(2,3)25(37)16-20-8-6-9-20)30(39)34(29(26)43-28(19)35-13-7-12-33-35)18-24(42-15-14-40-4)22-17-21(32)10-11-23(22)41-5/h7,10-13,17,20,24H,6,8-9,14-16,18H2,1-5H3/t24-/m0/s1. The summed E-state index contributed by atoms with van der Waals surface area (Å²) in [5, 5.41) is 5.33. The molecule has 0 saturated heterocycles. The predicted molar refractivity (Wildman–Crippen MR) is 162 cm³/mol. The molecule has 0 bridgehead atoms. The number of methoxy groups -OCH3 is 2. The van der Waals surface area contributed by atoms with Crippen molar-refractivity contribution in [2.24, 2.45) is 5.92 Å². The number of Topliss-reactive ketones (excluding diaryl/α,β-unsaturated/α-hetero) is 1. The van der Waals surface area contributed by atoms with Crippen molar-refractivity contribution >= 4 is 27.3 Å².